The molecule has 0 fully saturated rings. The fourth-order valence-corrected chi connectivity index (χ4v) is 2.28. The van der Waals surface area contributed by atoms with Gasteiger partial charge in [-0.1, -0.05) is 12.1 Å². The van der Waals surface area contributed by atoms with Gasteiger partial charge in [-0.05, 0) is 54.3 Å². The van der Waals surface area contributed by atoms with Crippen molar-refractivity contribution in [3.63, 3.8) is 0 Å². The Hall–Kier alpha value is -2.55. The van der Waals surface area contributed by atoms with Crippen LogP contribution in [0.1, 0.15) is 12.5 Å². The first kappa shape index (κ1) is 13.4. The number of anilines is 1. The van der Waals surface area contributed by atoms with Crippen molar-refractivity contribution in [3.8, 4) is 5.75 Å². The van der Waals surface area contributed by atoms with Crippen LogP contribution < -0.4 is 10.1 Å². The first-order valence-corrected chi connectivity index (χ1v) is 7.14. The second kappa shape index (κ2) is 6.27. The molecular formula is C18H18N2O. The number of aromatic nitrogens is 1. The highest BCUT2D eigenvalue weighted by molar-refractivity contribution is 5.82. The molecule has 3 aromatic rings. The van der Waals surface area contributed by atoms with Gasteiger partial charge in [0.05, 0.1) is 6.61 Å². The number of nitrogens with zero attached hydrogens (tertiary/aromatic N) is 1. The first-order chi connectivity index (χ1) is 10.3. The molecule has 0 radical (unpaired) electrons. The molecule has 1 aromatic heterocycles. The molecule has 3 heteroatoms. The minimum absolute atomic E-state index is 0.693. The molecule has 1 N–H and O–H groups in total. The molecule has 106 valence electrons. The van der Waals surface area contributed by atoms with Crippen LogP contribution in [-0.4, -0.2) is 11.6 Å². The largest absolute Gasteiger partial charge is 0.494 e. The summed E-state index contributed by atoms with van der Waals surface area (Å²) in [5.74, 6) is 0.904. The topological polar surface area (TPSA) is 34.1 Å². The Bertz CT molecular complexity index is 723. The van der Waals surface area contributed by atoms with E-state index >= 15 is 0 Å². The Morgan fingerprint density at radius 1 is 1.00 bits per heavy atom. The van der Waals surface area contributed by atoms with Gasteiger partial charge in [0.15, 0.2) is 0 Å². The molecule has 0 aliphatic heterocycles. The molecule has 0 saturated carbocycles. The van der Waals surface area contributed by atoms with Crippen LogP contribution in [0.5, 0.6) is 5.75 Å². The zero-order chi connectivity index (χ0) is 14.5. The lowest BCUT2D eigenvalue weighted by Crippen LogP contribution is -1.99. The highest BCUT2D eigenvalue weighted by Crippen LogP contribution is 2.18. The number of benzene rings is 2. The van der Waals surface area contributed by atoms with Crippen LogP contribution in [0.4, 0.5) is 5.69 Å². The van der Waals surface area contributed by atoms with Gasteiger partial charge in [-0.2, -0.15) is 0 Å². The van der Waals surface area contributed by atoms with Crippen LogP contribution in [0.25, 0.3) is 10.8 Å². The summed E-state index contributed by atoms with van der Waals surface area (Å²) in [6.07, 6.45) is 3.71. The zero-order valence-electron chi connectivity index (χ0n) is 12.0. The van der Waals surface area contributed by atoms with E-state index in [1.54, 1.807) is 0 Å². The van der Waals surface area contributed by atoms with Crippen LogP contribution in [0, 0.1) is 0 Å². The van der Waals surface area contributed by atoms with Gasteiger partial charge in [0, 0.05) is 30.0 Å². The van der Waals surface area contributed by atoms with Gasteiger partial charge < -0.3 is 10.1 Å². The number of ether oxygens (including phenoxy) is 1. The van der Waals surface area contributed by atoms with Gasteiger partial charge in [-0.3, -0.25) is 4.98 Å². The summed E-state index contributed by atoms with van der Waals surface area (Å²) in [7, 11) is 0. The van der Waals surface area contributed by atoms with E-state index in [-0.39, 0.29) is 0 Å². The van der Waals surface area contributed by atoms with Crippen LogP contribution in [-0.2, 0) is 6.54 Å². The summed E-state index contributed by atoms with van der Waals surface area (Å²) in [4.78, 5) is 4.13. The molecular weight excluding hydrogens is 260 g/mol. The molecule has 0 spiro atoms. The Labute approximate surface area is 124 Å². The normalized spacial score (nSPS) is 10.5. The fourth-order valence-electron chi connectivity index (χ4n) is 2.28. The Kier molecular flexibility index (Phi) is 4.01. The van der Waals surface area contributed by atoms with Crippen molar-refractivity contribution in [1.29, 1.82) is 0 Å². The quantitative estimate of drug-likeness (QED) is 0.757. The highest BCUT2D eigenvalue weighted by atomic mass is 16.5. The molecule has 0 saturated heterocycles. The van der Waals surface area contributed by atoms with Crippen molar-refractivity contribution >= 4 is 16.5 Å². The summed E-state index contributed by atoms with van der Waals surface area (Å²) in [6, 6.07) is 16.5. The molecule has 2 aromatic carbocycles. The van der Waals surface area contributed by atoms with E-state index < -0.39 is 0 Å². The van der Waals surface area contributed by atoms with Gasteiger partial charge in [0.1, 0.15) is 5.75 Å². The maximum Gasteiger partial charge on any atom is 0.119 e. The van der Waals surface area contributed by atoms with Crippen molar-refractivity contribution in [2.75, 3.05) is 11.9 Å². The van der Waals surface area contributed by atoms with E-state index in [4.69, 9.17) is 4.74 Å². The Morgan fingerprint density at radius 3 is 2.67 bits per heavy atom. The number of nitrogens with one attached hydrogen (secondary N) is 1. The molecule has 21 heavy (non-hydrogen) atoms. The van der Waals surface area contributed by atoms with Crippen LogP contribution in [0.15, 0.2) is 60.9 Å². The smallest absolute Gasteiger partial charge is 0.119 e. The molecule has 3 rings (SSSR count). The van der Waals surface area contributed by atoms with Gasteiger partial charge in [-0.15, -0.1) is 0 Å². The van der Waals surface area contributed by atoms with E-state index in [2.05, 4.69) is 28.5 Å². The summed E-state index contributed by atoms with van der Waals surface area (Å²) in [5, 5.41) is 5.81. The van der Waals surface area contributed by atoms with Crippen molar-refractivity contribution in [1.82, 2.24) is 4.98 Å². The molecule has 0 aliphatic carbocycles. The van der Waals surface area contributed by atoms with Crippen molar-refractivity contribution in [2.24, 2.45) is 0 Å². The molecule has 0 amide bonds. The minimum atomic E-state index is 0.693. The van der Waals surface area contributed by atoms with Crippen LogP contribution in [0.2, 0.25) is 0 Å². The minimum Gasteiger partial charge on any atom is -0.494 e. The second-order valence-corrected chi connectivity index (χ2v) is 4.87. The maximum absolute atomic E-state index is 5.44. The summed E-state index contributed by atoms with van der Waals surface area (Å²) < 4.78 is 5.44. The molecule has 0 aliphatic rings. The lowest BCUT2D eigenvalue weighted by molar-refractivity contribution is 0.340. The van der Waals surface area contributed by atoms with Gasteiger partial charge >= 0.3 is 0 Å². The van der Waals surface area contributed by atoms with E-state index in [0.29, 0.717) is 6.61 Å². The Morgan fingerprint density at radius 2 is 1.86 bits per heavy atom. The SMILES string of the molecule is CCOc1ccc(NCc2ccc3cnccc3c2)cc1. The number of hydrogen-bond donors (Lipinski definition) is 1. The van der Waals surface area contributed by atoms with Crippen LogP contribution >= 0.6 is 0 Å². The standard InChI is InChI=1S/C18H18N2O/c1-2-21-18-7-5-17(6-8-18)20-12-14-3-4-16-13-19-10-9-15(16)11-14/h3-11,13,20H,2,12H2,1H3. The molecule has 0 atom stereocenters. The average Bonchev–Trinajstić information content (AvgIpc) is 2.54. The molecule has 1 heterocycles. The van der Waals surface area contributed by atoms with Crippen molar-refractivity contribution in [3.05, 3.63) is 66.5 Å². The maximum atomic E-state index is 5.44. The number of pyridine rings is 1. The zero-order valence-corrected chi connectivity index (χ0v) is 12.0. The fraction of sp³-hybridized carbons (Fsp3) is 0.167. The number of rotatable bonds is 5. The molecule has 0 unspecified atom stereocenters. The van der Waals surface area contributed by atoms with E-state index in [1.165, 1.54) is 16.3 Å². The van der Waals surface area contributed by atoms with E-state index in [9.17, 15) is 0 Å². The summed E-state index contributed by atoms with van der Waals surface area (Å²) in [6.45, 7) is 3.48. The molecule has 3 nitrogen and oxygen atoms in total. The third-order valence-electron chi connectivity index (χ3n) is 3.37. The predicted molar refractivity (Wildman–Crippen MR) is 86.7 cm³/mol. The van der Waals surface area contributed by atoms with Gasteiger partial charge in [-0.25, -0.2) is 0 Å². The van der Waals surface area contributed by atoms with E-state index in [1.807, 2.05) is 49.6 Å². The monoisotopic (exact) mass is 278 g/mol. The van der Waals surface area contributed by atoms with Crippen molar-refractivity contribution in [2.45, 2.75) is 13.5 Å². The summed E-state index contributed by atoms with van der Waals surface area (Å²) in [5.41, 5.74) is 2.34. The Balaban J connectivity index is 1.68. The second-order valence-electron chi connectivity index (χ2n) is 4.87. The van der Waals surface area contributed by atoms with Crippen LogP contribution in [0.3, 0.4) is 0 Å². The third-order valence-corrected chi connectivity index (χ3v) is 3.37. The van der Waals surface area contributed by atoms with Gasteiger partial charge in [0.25, 0.3) is 0 Å². The summed E-state index contributed by atoms with van der Waals surface area (Å²) >= 11 is 0. The van der Waals surface area contributed by atoms with Gasteiger partial charge in [0.2, 0.25) is 0 Å². The lowest BCUT2D eigenvalue weighted by atomic mass is 10.1. The van der Waals surface area contributed by atoms with E-state index in [0.717, 1.165) is 18.0 Å². The number of fused-ring (bicyclic) bond motifs is 1. The first-order valence-electron chi connectivity index (χ1n) is 7.14. The average molecular weight is 278 g/mol. The lowest BCUT2D eigenvalue weighted by Gasteiger charge is -2.09. The third kappa shape index (κ3) is 3.31. The van der Waals surface area contributed by atoms with Crippen molar-refractivity contribution < 1.29 is 4.74 Å². The molecule has 0 bridgehead atoms. The highest BCUT2D eigenvalue weighted by Gasteiger charge is 1.98. The number of hydrogen-bond acceptors (Lipinski definition) is 3. The predicted octanol–water partition coefficient (Wildman–Crippen LogP) is 4.25.